The van der Waals surface area contributed by atoms with Crippen molar-refractivity contribution >= 4 is 5.96 Å². The molecule has 1 aliphatic heterocycles. The van der Waals surface area contributed by atoms with Gasteiger partial charge in [0.1, 0.15) is 5.75 Å². The number of aromatic nitrogens is 2. The summed E-state index contributed by atoms with van der Waals surface area (Å²) in [5.41, 5.74) is 15.9. The number of unbranched alkanes of at least 4 members (excludes halogenated alkanes) is 1. The maximum atomic E-state index is 10.3. The molecule has 182 valence electrons. The van der Waals surface area contributed by atoms with Crippen molar-refractivity contribution in [3.05, 3.63) is 65.0 Å². The van der Waals surface area contributed by atoms with Gasteiger partial charge in [-0.1, -0.05) is 35.0 Å². The van der Waals surface area contributed by atoms with E-state index in [-0.39, 0.29) is 18.4 Å². The number of hydrogen-bond donors (Lipinski definition) is 3. The molecule has 1 aromatic heterocycles. The van der Waals surface area contributed by atoms with Gasteiger partial charge in [-0.15, -0.1) is 0 Å². The molecule has 1 aliphatic rings. The van der Waals surface area contributed by atoms with Crippen LogP contribution >= 0.6 is 0 Å². The van der Waals surface area contributed by atoms with Crippen LogP contribution in [0, 0.1) is 13.8 Å². The highest BCUT2D eigenvalue weighted by atomic mass is 35.5. The quantitative estimate of drug-likeness (QED) is 0.230. The molecule has 0 bridgehead atoms. The molecular weight excluding hydrogens is 454 g/mol. The molecular formula is C25H32ClN5O3. The molecule has 2 heterocycles. The van der Waals surface area contributed by atoms with Gasteiger partial charge in [0.2, 0.25) is 5.82 Å². The van der Waals surface area contributed by atoms with E-state index in [4.69, 9.17) is 20.7 Å². The number of benzene rings is 2. The van der Waals surface area contributed by atoms with Crippen LogP contribution in [0.15, 0.2) is 47.0 Å². The summed E-state index contributed by atoms with van der Waals surface area (Å²) in [6, 6.07) is 14.0. The third-order valence-electron chi connectivity index (χ3n) is 6.06. The van der Waals surface area contributed by atoms with Gasteiger partial charge in [-0.3, -0.25) is 16.0 Å². The minimum absolute atomic E-state index is 0. The number of guanidine groups is 1. The second-order valence-corrected chi connectivity index (χ2v) is 8.65. The Balaban J connectivity index is 0.00000324. The summed E-state index contributed by atoms with van der Waals surface area (Å²) >= 11 is 0. The molecule has 2 atom stereocenters. The fraction of sp³-hybridized carbons (Fsp3) is 0.400. The first-order chi connectivity index (χ1) is 15.9. The minimum Gasteiger partial charge on any atom is -1.00 e. The molecule has 4 rings (SSSR count). The first-order valence-corrected chi connectivity index (χ1v) is 11.4. The summed E-state index contributed by atoms with van der Waals surface area (Å²) in [5.74, 6) is 1.73. The molecule has 9 heteroatoms. The second kappa shape index (κ2) is 11.4. The summed E-state index contributed by atoms with van der Waals surface area (Å²) in [6.45, 7) is 5.32. The van der Waals surface area contributed by atoms with E-state index in [1.807, 2.05) is 25.1 Å². The highest BCUT2D eigenvalue weighted by Crippen LogP contribution is 2.30. The molecule has 0 unspecified atom stereocenters. The highest BCUT2D eigenvalue weighted by Gasteiger charge is 2.39. The van der Waals surface area contributed by atoms with Gasteiger partial charge in [-0.25, -0.2) is 0 Å². The maximum absolute atomic E-state index is 10.3. The summed E-state index contributed by atoms with van der Waals surface area (Å²) < 4.78 is 13.1. The standard InChI is InChI=1S/C25H31N5O3.ClH/c1-16-6-8-18(9-7-16)5-3-4-14-32-21-11-10-19(15-17(21)2)23-28-24(33-29-23)22-20(31)12-13-30(22)25(26)27;/h6-11,15,20,22,31H,3-5,12-14H2,1-2H3,(H3,26,27);1H/t20-,22-;/m0./s1. The Bertz CT molecular complexity index is 1130. The molecule has 34 heavy (non-hydrogen) atoms. The Morgan fingerprint density at radius 1 is 1.15 bits per heavy atom. The number of aliphatic hydroxyl groups is 1. The lowest BCUT2D eigenvalue weighted by Gasteiger charge is -2.11. The van der Waals surface area contributed by atoms with Crippen molar-refractivity contribution in [3.63, 3.8) is 0 Å². The number of nitrogens with zero attached hydrogens (tertiary/aromatic N) is 3. The molecule has 0 radical (unpaired) electrons. The zero-order valence-electron chi connectivity index (χ0n) is 19.6. The van der Waals surface area contributed by atoms with Gasteiger partial charge in [-0.05, 0) is 62.4 Å². The van der Waals surface area contributed by atoms with Crippen LogP contribution in [0.4, 0.5) is 0 Å². The molecule has 2 aromatic carbocycles. The predicted octanol–water partition coefficient (Wildman–Crippen LogP) is -0.149. The predicted molar refractivity (Wildman–Crippen MR) is 126 cm³/mol. The van der Waals surface area contributed by atoms with E-state index in [0.717, 1.165) is 36.1 Å². The molecule has 0 amide bonds. The Morgan fingerprint density at radius 3 is 2.62 bits per heavy atom. The molecule has 1 saturated heterocycles. The van der Waals surface area contributed by atoms with E-state index in [1.165, 1.54) is 11.1 Å². The minimum atomic E-state index is -0.663. The highest BCUT2D eigenvalue weighted by molar-refractivity contribution is 5.70. The SMILES string of the molecule is Cc1ccc(CCCCOc2ccc(-c3noc([C@@H]4[C@@H](O)CC[N+]4=C(N)N)n3)cc2C)cc1.[Cl-]. The first kappa shape index (κ1) is 25.5. The lowest BCUT2D eigenvalue weighted by Crippen LogP contribution is -3.00. The summed E-state index contributed by atoms with van der Waals surface area (Å²) in [5, 5.41) is 14.4. The van der Waals surface area contributed by atoms with E-state index < -0.39 is 12.1 Å². The molecule has 0 saturated carbocycles. The van der Waals surface area contributed by atoms with Crippen LogP contribution < -0.4 is 28.6 Å². The fourth-order valence-electron chi connectivity index (χ4n) is 4.15. The van der Waals surface area contributed by atoms with E-state index in [1.54, 1.807) is 4.58 Å². The molecule has 3 aromatic rings. The van der Waals surface area contributed by atoms with Crippen molar-refractivity contribution in [2.75, 3.05) is 13.2 Å². The van der Waals surface area contributed by atoms with Gasteiger partial charge in [0.25, 0.3) is 5.89 Å². The first-order valence-electron chi connectivity index (χ1n) is 11.4. The van der Waals surface area contributed by atoms with E-state index >= 15 is 0 Å². The van der Waals surface area contributed by atoms with Gasteiger partial charge < -0.3 is 26.8 Å². The molecule has 5 N–H and O–H groups in total. The lowest BCUT2D eigenvalue weighted by atomic mass is 10.1. The molecule has 1 fully saturated rings. The van der Waals surface area contributed by atoms with Crippen LogP contribution in [0.1, 0.15) is 47.9 Å². The van der Waals surface area contributed by atoms with Crippen molar-refractivity contribution in [1.82, 2.24) is 10.1 Å². The lowest BCUT2D eigenvalue weighted by molar-refractivity contribution is -0.560. The Kier molecular flexibility index (Phi) is 8.52. The largest absolute Gasteiger partial charge is 1.00 e. The average Bonchev–Trinajstić information content (AvgIpc) is 3.42. The number of nitrogens with two attached hydrogens (primary N) is 2. The van der Waals surface area contributed by atoms with Crippen molar-refractivity contribution in [2.24, 2.45) is 11.5 Å². The topological polar surface area (TPSA) is 123 Å². The van der Waals surface area contributed by atoms with Gasteiger partial charge in [0.15, 0.2) is 6.04 Å². The van der Waals surface area contributed by atoms with E-state index in [2.05, 4.69) is 41.3 Å². The van der Waals surface area contributed by atoms with Crippen LogP contribution in [0.5, 0.6) is 5.75 Å². The number of halogens is 1. The van der Waals surface area contributed by atoms with Gasteiger partial charge >= 0.3 is 5.96 Å². The van der Waals surface area contributed by atoms with Crippen LogP contribution in [-0.4, -0.2) is 45.0 Å². The normalized spacial score (nSPS) is 17.4. The van der Waals surface area contributed by atoms with Crippen LogP contribution in [-0.2, 0) is 6.42 Å². The van der Waals surface area contributed by atoms with Crippen LogP contribution in [0.3, 0.4) is 0 Å². The fourth-order valence-corrected chi connectivity index (χ4v) is 4.15. The van der Waals surface area contributed by atoms with Crippen LogP contribution in [0.25, 0.3) is 11.4 Å². The summed E-state index contributed by atoms with van der Waals surface area (Å²) in [7, 11) is 0. The van der Waals surface area contributed by atoms with Gasteiger partial charge in [0, 0.05) is 12.0 Å². The molecule has 0 spiro atoms. The van der Waals surface area contributed by atoms with E-state index in [0.29, 0.717) is 31.3 Å². The monoisotopic (exact) mass is 485 g/mol. The Morgan fingerprint density at radius 2 is 1.91 bits per heavy atom. The third-order valence-corrected chi connectivity index (χ3v) is 6.06. The van der Waals surface area contributed by atoms with Crippen molar-refractivity contribution < 1.29 is 31.3 Å². The maximum Gasteiger partial charge on any atom is 0.341 e. The Hall–Kier alpha value is -3.10. The number of rotatable bonds is 8. The number of aliphatic hydroxyl groups excluding tert-OH is 1. The van der Waals surface area contributed by atoms with Crippen LogP contribution in [0.2, 0.25) is 0 Å². The van der Waals surface area contributed by atoms with Gasteiger partial charge in [-0.2, -0.15) is 4.98 Å². The molecule has 8 nitrogen and oxygen atoms in total. The van der Waals surface area contributed by atoms with Gasteiger partial charge in [0.05, 0.1) is 19.3 Å². The van der Waals surface area contributed by atoms with Crippen molar-refractivity contribution in [2.45, 2.75) is 51.7 Å². The number of aryl methyl sites for hydroxylation is 3. The van der Waals surface area contributed by atoms with Crippen molar-refractivity contribution in [3.8, 4) is 17.1 Å². The zero-order valence-corrected chi connectivity index (χ0v) is 20.3. The zero-order chi connectivity index (χ0) is 23.4. The van der Waals surface area contributed by atoms with Crippen molar-refractivity contribution in [1.29, 1.82) is 0 Å². The summed E-state index contributed by atoms with van der Waals surface area (Å²) in [4.78, 5) is 4.49. The Labute approximate surface area is 206 Å². The molecule has 0 aliphatic carbocycles. The summed E-state index contributed by atoms with van der Waals surface area (Å²) in [6.07, 6.45) is 3.01. The number of ether oxygens (including phenoxy) is 1. The number of hydrogen-bond acceptors (Lipinski definition) is 5. The smallest absolute Gasteiger partial charge is 0.341 e. The second-order valence-electron chi connectivity index (χ2n) is 8.65. The van der Waals surface area contributed by atoms with E-state index in [9.17, 15) is 5.11 Å². The third kappa shape index (κ3) is 5.87. The average molecular weight is 486 g/mol.